The fourth-order valence-electron chi connectivity index (χ4n) is 1.73. The molecule has 1 rings (SSSR count). The van der Waals surface area contributed by atoms with Crippen molar-refractivity contribution < 1.29 is 0 Å². The van der Waals surface area contributed by atoms with Gasteiger partial charge in [-0.05, 0) is 27.8 Å². The Morgan fingerprint density at radius 3 is 2.33 bits per heavy atom. The van der Waals surface area contributed by atoms with Gasteiger partial charge in [-0.2, -0.15) is 0 Å². The van der Waals surface area contributed by atoms with Gasteiger partial charge in [-0.3, -0.25) is 4.90 Å². The lowest BCUT2D eigenvalue weighted by molar-refractivity contribution is 0.169. The summed E-state index contributed by atoms with van der Waals surface area (Å²) in [6.45, 7) is 10.1. The standard InChI is InChI=1S/C10H20NP/c1-8-6-10(4,12)7-11(5)9(8,2)3/h6H,7,12H2,1-5H3. The molecule has 2 atom stereocenters. The molecule has 1 aliphatic heterocycles. The zero-order chi connectivity index (χ0) is 9.57. The molecule has 0 N–H and O–H groups in total. The molecule has 1 heterocycles. The molecule has 0 spiro atoms. The molecule has 0 saturated carbocycles. The zero-order valence-electron chi connectivity index (χ0n) is 8.81. The van der Waals surface area contributed by atoms with Gasteiger partial charge in [-0.25, -0.2) is 0 Å². The van der Waals surface area contributed by atoms with Crippen LogP contribution in [0.5, 0.6) is 0 Å². The lowest BCUT2D eigenvalue weighted by atomic mass is 9.86. The summed E-state index contributed by atoms with van der Waals surface area (Å²) >= 11 is 0. The average Bonchev–Trinajstić information content (AvgIpc) is 1.82. The van der Waals surface area contributed by atoms with Crippen LogP contribution in [0.15, 0.2) is 11.6 Å². The van der Waals surface area contributed by atoms with Crippen molar-refractivity contribution in [3.8, 4) is 0 Å². The molecule has 0 aromatic rings. The van der Waals surface area contributed by atoms with Crippen molar-refractivity contribution in [2.75, 3.05) is 13.6 Å². The Hall–Kier alpha value is 0.130. The Morgan fingerprint density at radius 1 is 1.42 bits per heavy atom. The Labute approximate surface area is 78.4 Å². The van der Waals surface area contributed by atoms with Crippen molar-refractivity contribution in [3.63, 3.8) is 0 Å². The van der Waals surface area contributed by atoms with Crippen molar-refractivity contribution in [1.82, 2.24) is 4.90 Å². The van der Waals surface area contributed by atoms with E-state index in [1.807, 2.05) is 0 Å². The van der Waals surface area contributed by atoms with Crippen LogP contribution in [-0.4, -0.2) is 29.2 Å². The minimum absolute atomic E-state index is 0.232. The van der Waals surface area contributed by atoms with E-state index in [-0.39, 0.29) is 10.7 Å². The number of nitrogens with zero attached hydrogens (tertiary/aromatic N) is 1. The molecule has 0 aliphatic carbocycles. The van der Waals surface area contributed by atoms with Crippen LogP contribution in [0.3, 0.4) is 0 Å². The number of rotatable bonds is 0. The van der Waals surface area contributed by atoms with Gasteiger partial charge in [-0.15, -0.1) is 9.24 Å². The van der Waals surface area contributed by atoms with Crippen LogP contribution in [0.2, 0.25) is 0 Å². The summed E-state index contributed by atoms with van der Waals surface area (Å²) < 4.78 is 0. The monoisotopic (exact) mass is 185 g/mol. The van der Waals surface area contributed by atoms with Crippen LogP contribution >= 0.6 is 9.24 Å². The topological polar surface area (TPSA) is 3.24 Å². The molecule has 0 radical (unpaired) electrons. The summed E-state index contributed by atoms with van der Waals surface area (Å²) in [5.74, 6) is 0. The van der Waals surface area contributed by atoms with E-state index in [9.17, 15) is 0 Å². The fourth-order valence-corrected chi connectivity index (χ4v) is 2.25. The van der Waals surface area contributed by atoms with Gasteiger partial charge < -0.3 is 0 Å². The van der Waals surface area contributed by atoms with Gasteiger partial charge in [0.05, 0.1) is 0 Å². The molecule has 2 heteroatoms. The molecule has 0 aromatic carbocycles. The maximum absolute atomic E-state index is 2.92. The fraction of sp³-hybridized carbons (Fsp3) is 0.800. The molecule has 12 heavy (non-hydrogen) atoms. The molecule has 70 valence electrons. The van der Waals surface area contributed by atoms with E-state index in [0.29, 0.717) is 0 Å². The largest absolute Gasteiger partial charge is 0.296 e. The summed E-state index contributed by atoms with van der Waals surface area (Å²) in [7, 11) is 5.12. The van der Waals surface area contributed by atoms with Crippen molar-refractivity contribution in [3.05, 3.63) is 11.6 Å². The van der Waals surface area contributed by atoms with Gasteiger partial charge in [0.2, 0.25) is 0 Å². The van der Waals surface area contributed by atoms with E-state index in [1.54, 1.807) is 0 Å². The smallest absolute Gasteiger partial charge is 0.0359 e. The van der Waals surface area contributed by atoms with E-state index in [4.69, 9.17) is 0 Å². The summed E-state index contributed by atoms with van der Waals surface area (Å²) in [4.78, 5) is 2.41. The first-order valence-corrected chi connectivity index (χ1v) is 5.03. The van der Waals surface area contributed by atoms with Crippen LogP contribution in [0.1, 0.15) is 27.7 Å². The average molecular weight is 185 g/mol. The first kappa shape index (κ1) is 10.2. The highest BCUT2D eigenvalue weighted by molar-refractivity contribution is 7.19. The molecule has 0 fully saturated rings. The Kier molecular flexibility index (Phi) is 2.40. The quantitative estimate of drug-likeness (QED) is 0.413. The highest BCUT2D eigenvalue weighted by Gasteiger charge is 2.34. The van der Waals surface area contributed by atoms with Gasteiger partial charge in [0.15, 0.2) is 0 Å². The molecule has 0 bridgehead atoms. The van der Waals surface area contributed by atoms with Crippen LogP contribution in [-0.2, 0) is 0 Å². The zero-order valence-corrected chi connectivity index (χ0v) is 9.96. The van der Waals surface area contributed by atoms with E-state index in [2.05, 4.69) is 55.0 Å². The van der Waals surface area contributed by atoms with Gasteiger partial charge in [0.25, 0.3) is 0 Å². The molecular weight excluding hydrogens is 165 g/mol. The van der Waals surface area contributed by atoms with Gasteiger partial charge >= 0.3 is 0 Å². The minimum Gasteiger partial charge on any atom is -0.296 e. The second-order valence-electron chi connectivity index (χ2n) is 4.75. The molecular formula is C10H20NP. The Balaban J connectivity index is 3.02. The number of likely N-dealkylation sites (N-methyl/N-ethyl adjacent to an activating group) is 1. The lowest BCUT2D eigenvalue weighted by Crippen LogP contribution is -2.51. The number of hydrogen-bond donors (Lipinski definition) is 0. The summed E-state index contributed by atoms with van der Waals surface area (Å²) in [5.41, 5.74) is 1.70. The Morgan fingerprint density at radius 2 is 1.92 bits per heavy atom. The molecule has 1 aliphatic rings. The molecule has 2 unspecified atom stereocenters. The van der Waals surface area contributed by atoms with E-state index in [1.165, 1.54) is 5.57 Å². The molecule has 1 nitrogen and oxygen atoms in total. The highest BCUT2D eigenvalue weighted by Crippen LogP contribution is 2.35. The van der Waals surface area contributed by atoms with Crippen molar-refractivity contribution >= 4 is 9.24 Å². The SMILES string of the molecule is CC1=CC(C)(P)CN(C)C1(C)C. The molecule has 0 aromatic heterocycles. The summed E-state index contributed by atoms with van der Waals surface area (Å²) in [6, 6.07) is 0. The molecule has 0 amide bonds. The third kappa shape index (κ3) is 1.72. The third-order valence-electron chi connectivity index (χ3n) is 3.04. The van der Waals surface area contributed by atoms with E-state index >= 15 is 0 Å². The van der Waals surface area contributed by atoms with Crippen molar-refractivity contribution in [1.29, 1.82) is 0 Å². The minimum atomic E-state index is 0.232. The first-order valence-electron chi connectivity index (χ1n) is 4.46. The Bertz CT molecular complexity index is 216. The normalized spacial score (nSPS) is 36.3. The van der Waals surface area contributed by atoms with E-state index < -0.39 is 0 Å². The number of hydrogen-bond acceptors (Lipinski definition) is 1. The van der Waals surface area contributed by atoms with Crippen LogP contribution in [0.25, 0.3) is 0 Å². The third-order valence-corrected chi connectivity index (χ3v) is 3.39. The second-order valence-corrected chi connectivity index (χ2v) is 6.07. The van der Waals surface area contributed by atoms with Gasteiger partial charge in [-0.1, -0.05) is 18.6 Å². The van der Waals surface area contributed by atoms with Crippen molar-refractivity contribution in [2.45, 2.75) is 38.4 Å². The van der Waals surface area contributed by atoms with Crippen LogP contribution in [0.4, 0.5) is 0 Å². The van der Waals surface area contributed by atoms with Crippen LogP contribution in [0, 0.1) is 0 Å². The second kappa shape index (κ2) is 2.82. The maximum Gasteiger partial charge on any atom is 0.0359 e. The predicted octanol–water partition coefficient (Wildman–Crippen LogP) is 2.29. The van der Waals surface area contributed by atoms with Crippen LogP contribution < -0.4 is 0 Å². The van der Waals surface area contributed by atoms with Gasteiger partial charge in [0, 0.05) is 17.2 Å². The van der Waals surface area contributed by atoms with Gasteiger partial charge in [0.1, 0.15) is 0 Å². The van der Waals surface area contributed by atoms with Crippen molar-refractivity contribution in [2.24, 2.45) is 0 Å². The predicted molar refractivity (Wildman–Crippen MR) is 58.6 cm³/mol. The lowest BCUT2D eigenvalue weighted by Gasteiger charge is -2.45. The molecule has 0 saturated heterocycles. The summed E-state index contributed by atoms with van der Waals surface area (Å²) in [5, 5.41) is 0.258. The van der Waals surface area contributed by atoms with E-state index in [0.717, 1.165) is 6.54 Å². The maximum atomic E-state index is 2.92. The first-order chi connectivity index (χ1) is 5.26. The summed E-state index contributed by atoms with van der Waals surface area (Å²) in [6.07, 6.45) is 2.37. The highest BCUT2D eigenvalue weighted by atomic mass is 31.0.